The molecular weight excluding hydrogens is 268 g/mol. The summed E-state index contributed by atoms with van der Waals surface area (Å²) < 4.78 is 0. The molecule has 2 aromatic rings. The first-order valence-electron chi connectivity index (χ1n) is 6.83. The van der Waals surface area contributed by atoms with E-state index in [4.69, 9.17) is 5.73 Å². The van der Waals surface area contributed by atoms with Crippen molar-refractivity contribution in [2.45, 2.75) is 12.8 Å². The van der Waals surface area contributed by atoms with Gasteiger partial charge in [0.25, 0.3) is 0 Å². The second-order valence-corrected chi connectivity index (χ2v) is 5.49. The van der Waals surface area contributed by atoms with Crippen molar-refractivity contribution in [3.05, 3.63) is 42.0 Å². The van der Waals surface area contributed by atoms with Gasteiger partial charge in [0.15, 0.2) is 0 Å². The van der Waals surface area contributed by atoms with E-state index in [2.05, 4.69) is 5.32 Å². The van der Waals surface area contributed by atoms with Gasteiger partial charge in [-0.3, -0.25) is 4.79 Å². The molecule has 1 saturated carbocycles. The molecule has 4 N–H and O–H groups in total. The summed E-state index contributed by atoms with van der Waals surface area (Å²) in [5.41, 5.74) is 5.54. The highest BCUT2D eigenvalue weighted by Gasteiger charge is 2.48. The van der Waals surface area contributed by atoms with E-state index in [9.17, 15) is 14.7 Å². The van der Waals surface area contributed by atoms with Gasteiger partial charge in [0.2, 0.25) is 5.91 Å². The van der Waals surface area contributed by atoms with E-state index in [-0.39, 0.29) is 18.0 Å². The maximum Gasteiger partial charge on any atom is 0.337 e. The van der Waals surface area contributed by atoms with Crippen LogP contribution in [0.4, 0.5) is 5.69 Å². The maximum absolute atomic E-state index is 12.3. The van der Waals surface area contributed by atoms with Gasteiger partial charge in [-0.2, -0.15) is 0 Å². The average molecular weight is 284 g/mol. The number of nitrogens with two attached hydrogens (primary N) is 1. The van der Waals surface area contributed by atoms with Gasteiger partial charge in [-0.1, -0.05) is 24.3 Å². The topological polar surface area (TPSA) is 92.4 Å². The Morgan fingerprint density at radius 3 is 2.33 bits per heavy atom. The first-order chi connectivity index (χ1) is 10.1. The number of amides is 1. The number of nitrogens with one attached hydrogen (secondary N) is 1. The molecule has 1 fully saturated rings. The van der Waals surface area contributed by atoms with E-state index in [1.807, 2.05) is 24.3 Å². The fourth-order valence-electron chi connectivity index (χ4n) is 2.45. The van der Waals surface area contributed by atoms with Crippen LogP contribution in [0.15, 0.2) is 36.4 Å². The van der Waals surface area contributed by atoms with Crippen LogP contribution in [0.5, 0.6) is 0 Å². The van der Waals surface area contributed by atoms with Gasteiger partial charge < -0.3 is 16.2 Å². The van der Waals surface area contributed by atoms with Crippen molar-refractivity contribution in [1.29, 1.82) is 0 Å². The van der Waals surface area contributed by atoms with Gasteiger partial charge in [0.05, 0.1) is 16.7 Å². The molecule has 0 aromatic heterocycles. The standard InChI is InChI=1S/C16H16N2O3/c17-9-16(5-6-16)15(21)18-13-8-11-4-2-1-3-10(11)7-12(13)14(19)20/h1-4,7-8H,5-6,9,17H2,(H,18,21)(H,19,20). The van der Waals surface area contributed by atoms with Crippen LogP contribution in [-0.2, 0) is 4.79 Å². The molecule has 3 rings (SSSR count). The highest BCUT2D eigenvalue weighted by molar-refractivity contribution is 6.06. The minimum Gasteiger partial charge on any atom is -0.478 e. The Balaban J connectivity index is 2.02. The molecule has 1 aliphatic rings. The van der Waals surface area contributed by atoms with Gasteiger partial charge in [0.1, 0.15) is 0 Å². The highest BCUT2D eigenvalue weighted by atomic mass is 16.4. The third-order valence-corrected chi connectivity index (χ3v) is 4.09. The van der Waals surface area contributed by atoms with Crippen molar-refractivity contribution in [3.63, 3.8) is 0 Å². The second kappa shape index (κ2) is 4.86. The summed E-state index contributed by atoms with van der Waals surface area (Å²) in [4.78, 5) is 23.7. The van der Waals surface area contributed by atoms with E-state index in [0.29, 0.717) is 5.69 Å². The first kappa shape index (κ1) is 13.6. The number of carboxylic acids is 1. The average Bonchev–Trinajstić information content (AvgIpc) is 3.27. The smallest absolute Gasteiger partial charge is 0.337 e. The summed E-state index contributed by atoms with van der Waals surface area (Å²) in [5, 5.41) is 13.8. The number of hydrogen-bond donors (Lipinski definition) is 3. The van der Waals surface area contributed by atoms with Crippen molar-refractivity contribution in [1.82, 2.24) is 0 Å². The molecular formula is C16H16N2O3. The summed E-state index contributed by atoms with van der Waals surface area (Å²) in [6.07, 6.45) is 1.51. The van der Waals surface area contributed by atoms with Crippen LogP contribution in [0.3, 0.4) is 0 Å². The van der Waals surface area contributed by atoms with Crippen molar-refractivity contribution < 1.29 is 14.7 Å². The number of carboxylic acid groups (broad SMARTS) is 1. The molecule has 0 atom stereocenters. The van der Waals surface area contributed by atoms with E-state index in [1.54, 1.807) is 12.1 Å². The third-order valence-electron chi connectivity index (χ3n) is 4.09. The van der Waals surface area contributed by atoms with Crippen molar-refractivity contribution in [2.24, 2.45) is 11.1 Å². The van der Waals surface area contributed by atoms with Crippen LogP contribution < -0.4 is 11.1 Å². The van der Waals surface area contributed by atoms with Gasteiger partial charge in [-0.05, 0) is 35.7 Å². The number of hydrogen-bond acceptors (Lipinski definition) is 3. The Kier molecular flexibility index (Phi) is 3.14. The lowest BCUT2D eigenvalue weighted by molar-refractivity contribution is -0.120. The van der Waals surface area contributed by atoms with Crippen LogP contribution in [0.25, 0.3) is 10.8 Å². The molecule has 5 heteroatoms. The highest BCUT2D eigenvalue weighted by Crippen LogP contribution is 2.45. The third kappa shape index (κ3) is 2.36. The summed E-state index contributed by atoms with van der Waals surface area (Å²) in [6, 6.07) is 10.7. The van der Waals surface area contributed by atoms with Crippen LogP contribution in [0.2, 0.25) is 0 Å². The van der Waals surface area contributed by atoms with Crippen LogP contribution >= 0.6 is 0 Å². The van der Waals surface area contributed by atoms with Crippen molar-refractivity contribution >= 4 is 28.3 Å². The van der Waals surface area contributed by atoms with Crippen molar-refractivity contribution in [3.8, 4) is 0 Å². The van der Waals surface area contributed by atoms with Gasteiger partial charge in [-0.25, -0.2) is 4.79 Å². The molecule has 1 aliphatic carbocycles. The summed E-state index contributed by atoms with van der Waals surface area (Å²) in [7, 11) is 0. The number of fused-ring (bicyclic) bond motifs is 1. The fraction of sp³-hybridized carbons (Fsp3) is 0.250. The van der Waals surface area contributed by atoms with Crippen molar-refractivity contribution in [2.75, 3.05) is 11.9 Å². The molecule has 1 amide bonds. The fourth-order valence-corrected chi connectivity index (χ4v) is 2.45. The molecule has 0 aliphatic heterocycles. The Morgan fingerprint density at radius 1 is 1.19 bits per heavy atom. The number of benzene rings is 2. The number of anilines is 1. The molecule has 0 unspecified atom stereocenters. The lowest BCUT2D eigenvalue weighted by atomic mass is 10.0. The molecule has 5 nitrogen and oxygen atoms in total. The molecule has 2 aromatic carbocycles. The van der Waals surface area contributed by atoms with Gasteiger partial charge in [-0.15, -0.1) is 0 Å². The Morgan fingerprint density at radius 2 is 1.81 bits per heavy atom. The van der Waals surface area contributed by atoms with Gasteiger partial charge >= 0.3 is 5.97 Å². The zero-order valence-electron chi connectivity index (χ0n) is 11.4. The van der Waals surface area contributed by atoms with Crippen LogP contribution in [0.1, 0.15) is 23.2 Å². The predicted octanol–water partition coefficient (Wildman–Crippen LogP) is 2.22. The molecule has 0 radical (unpaired) electrons. The molecule has 108 valence electrons. The number of aromatic carboxylic acids is 1. The Labute approximate surface area is 121 Å². The summed E-state index contributed by atoms with van der Waals surface area (Å²) >= 11 is 0. The zero-order valence-corrected chi connectivity index (χ0v) is 11.4. The van der Waals surface area contributed by atoms with E-state index >= 15 is 0 Å². The molecule has 0 spiro atoms. The van der Waals surface area contributed by atoms with E-state index < -0.39 is 11.4 Å². The second-order valence-electron chi connectivity index (χ2n) is 5.49. The lowest BCUT2D eigenvalue weighted by Gasteiger charge is -2.15. The summed E-state index contributed by atoms with van der Waals surface area (Å²) in [6.45, 7) is 0.287. The number of rotatable bonds is 4. The number of carbonyl (C=O) groups is 2. The summed E-state index contributed by atoms with van der Waals surface area (Å²) in [5.74, 6) is -1.25. The van der Waals surface area contributed by atoms with Crippen LogP contribution in [0, 0.1) is 5.41 Å². The molecule has 0 saturated heterocycles. The monoisotopic (exact) mass is 284 g/mol. The number of carbonyl (C=O) groups excluding carboxylic acids is 1. The quantitative estimate of drug-likeness (QED) is 0.802. The maximum atomic E-state index is 12.3. The SMILES string of the molecule is NCC1(C(=O)Nc2cc3ccccc3cc2C(=O)O)CC1. The predicted molar refractivity (Wildman–Crippen MR) is 80.3 cm³/mol. The van der Waals surface area contributed by atoms with Crippen LogP contribution in [-0.4, -0.2) is 23.5 Å². The molecule has 0 bridgehead atoms. The lowest BCUT2D eigenvalue weighted by Crippen LogP contribution is -2.31. The molecule has 0 heterocycles. The normalized spacial score (nSPS) is 15.7. The van der Waals surface area contributed by atoms with Gasteiger partial charge in [0, 0.05) is 6.54 Å². The largest absolute Gasteiger partial charge is 0.478 e. The Bertz CT molecular complexity index is 735. The van der Waals surface area contributed by atoms with E-state index in [0.717, 1.165) is 23.6 Å². The minimum absolute atomic E-state index is 0.0925. The minimum atomic E-state index is -1.06. The first-order valence-corrected chi connectivity index (χ1v) is 6.83. The van der Waals surface area contributed by atoms with E-state index in [1.165, 1.54) is 0 Å². The molecule has 21 heavy (non-hydrogen) atoms. The zero-order chi connectivity index (χ0) is 15.0. The Hall–Kier alpha value is -2.40.